The van der Waals surface area contributed by atoms with E-state index in [4.69, 9.17) is 17.0 Å². The number of H-pyrrole nitrogens is 1. The molecule has 2 aromatic heterocycles. The number of aromatic nitrogens is 4. The summed E-state index contributed by atoms with van der Waals surface area (Å²) in [5.41, 5.74) is 0.934. The zero-order valence-corrected chi connectivity index (χ0v) is 12.0. The average molecular weight is 292 g/mol. The van der Waals surface area contributed by atoms with E-state index in [0.717, 1.165) is 11.4 Å². The van der Waals surface area contributed by atoms with E-state index in [0.29, 0.717) is 30.8 Å². The summed E-state index contributed by atoms with van der Waals surface area (Å²) in [7, 11) is 0. The van der Waals surface area contributed by atoms with Crippen LogP contribution in [0, 0.1) is 4.77 Å². The molecule has 0 amide bonds. The van der Waals surface area contributed by atoms with E-state index in [1.807, 2.05) is 16.7 Å². The molecule has 106 valence electrons. The van der Waals surface area contributed by atoms with Gasteiger partial charge in [0.05, 0.1) is 6.61 Å². The number of esters is 1. The second-order valence-corrected chi connectivity index (χ2v) is 4.54. The standard InChI is InChI=1S/C13H16N4O2S/c1-2-19-11(18)4-3-9-17-12(15-16-13(17)20)10-5-7-14-8-6-10/h5-8H,2-4,9H2,1H3,(H,16,20). The monoisotopic (exact) mass is 292 g/mol. The van der Waals surface area contributed by atoms with E-state index >= 15 is 0 Å². The minimum atomic E-state index is -0.187. The predicted octanol–water partition coefficient (Wildman–Crippen LogP) is 2.35. The van der Waals surface area contributed by atoms with Gasteiger partial charge in [0.25, 0.3) is 0 Å². The Morgan fingerprint density at radius 3 is 2.90 bits per heavy atom. The molecule has 6 nitrogen and oxygen atoms in total. The molecule has 0 spiro atoms. The first-order chi connectivity index (χ1) is 9.72. The lowest BCUT2D eigenvalue weighted by atomic mass is 10.2. The SMILES string of the molecule is CCOC(=O)CCCn1c(-c2ccncc2)n[nH]c1=S. The van der Waals surface area contributed by atoms with Crippen LogP contribution in [0.5, 0.6) is 0 Å². The van der Waals surface area contributed by atoms with Gasteiger partial charge in [-0.2, -0.15) is 5.10 Å². The van der Waals surface area contributed by atoms with Crippen LogP contribution in [0.25, 0.3) is 11.4 Å². The second-order valence-electron chi connectivity index (χ2n) is 4.15. The van der Waals surface area contributed by atoms with Crippen molar-refractivity contribution in [3.05, 3.63) is 29.3 Å². The molecular formula is C13H16N4O2S. The molecule has 0 aliphatic carbocycles. The lowest BCUT2D eigenvalue weighted by Gasteiger charge is -2.06. The number of nitrogens with zero attached hydrogens (tertiary/aromatic N) is 3. The first-order valence-corrected chi connectivity index (χ1v) is 6.84. The highest BCUT2D eigenvalue weighted by Gasteiger charge is 2.09. The summed E-state index contributed by atoms with van der Waals surface area (Å²) < 4.78 is 7.32. The lowest BCUT2D eigenvalue weighted by Crippen LogP contribution is -2.07. The number of pyridine rings is 1. The molecule has 0 atom stereocenters. The second kappa shape index (κ2) is 6.95. The van der Waals surface area contributed by atoms with Gasteiger partial charge in [-0.15, -0.1) is 0 Å². The van der Waals surface area contributed by atoms with Crippen molar-refractivity contribution in [3.63, 3.8) is 0 Å². The van der Waals surface area contributed by atoms with Crippen LogP contribution in [-0.2, 0) is 16.1 Å². The fraction of sp³-hybridized carbons (Fsp3) is 0.385. The number of aromatic amines is 1. The van der Waals surface area contributed by atoms with Crippen LogP contribution in [0.2, 0.25) is 0 Å². The van der Waals surface area contributed by atoms with Gasteiger partial charge in [0.2, 0.25) is 0 Å². The first-order valence-electron chi connectivity index (χ1n) is 6.43. The Hall–Kier alpha value is -2.02. The van der Waals surface area contributed by atoms with E-state index in [1.165, 1.54) is 0 Å². The van der Waals surface area contributed by atoms with Gasteiger partial charge >= 0.3 is 5.97 Å². The van der Waals surface area contributed by atoms with Crippen molar-refractivity contribution in [2.45, 2.75) is 26.3 Å². The Labute approximate surface area is 121 Å². The van der Waals surface area contributed by atoms with E-state index < -0.39 is 0 Å². The quantitative estimate of drug-likeness (QED) is 0.653. The van der Waals surface area contributed by atoms with Crippen molar-refractivity contribution in [2.24, 2.45) is 0 Å². The minimum absolute atomic E-state index is 0.187. The Morgan fingerprint density at radius 1 is 1.45 bits per heavy atom. The van der Waals surface area contributed by atoms with Gasteiger partial charge < -0.3 is 9.30 Å². The zero-order valence-electron chi connectivity index (χ0n) is 11.2. The van der Waals surface area contributed by atoms with Crippen molar-refractivity contribution in [3.8, 4) is 11.4 Å². The molecule has 20 heavy (non-hydrogen) atoms. The van der Waals surface area contributed by atoms with Crippen LogP contribution in [0.15, 0.2) is 24.5 Å². The van der Waals surface area contributed by atoms with Crippen LogP contribution >= 0.6 is 12.2 Å². The van der Waals surface area contributed by atoms with E-state index in [2.05, 4.69) is 15.2 Å². The van der Waals surface area contributed by atoms with Crippen LogP contribution < -0.4 is 0 Å². The van der Waals surface area contributed by atoms with Crippen molar-refractivity contribution in [2.75, 3.05) is 6.61 Å². The molecule has 0 aromatic carbocycles. The van der Waals surface area contributed by atoms with Gasteiger partial charge in [0.15, 0.2) is 10.6 Å². The predicted molar refractivity (Wildman–Crippen MR) is 76.5 cm³/mol. The highest BCUT2D eigenvalue weighted by Crippen LogP contribution is 2.16. The summed E-state index contributed by atoms with van der Waals surface area (Å²) in [5, 5.41) is 7.00. The van der Waals surface area contributed by atoms with E-state index in [9.17, 15) is 4.79 Å². The van der Waals surface area contributed by atoms with Gasteiger partial charge in [-0.25, -0.2) is 0 Å². The number of hydrogen-bond acceptors (Lipinski definition) is 5. The highest BCUT2D eigenvalue weighted by molar-refractivity contribution is 7.71. The number of hydrogen-bond donors (Lipinski definition) is 1. The van der Waals surface area contributed by atoms with Crippen molar-refractivity contribution >= 4 is 18.2 Å². The lowest BCUT2D eigenvalue weighted by molar-refractivity contribution is -0.143. The Morgan fingerprint density at radius 2 is 2.20 bits per heavy atom. The van der Waals surface area contributed by atoms with E-state index in [1.54, 1.807) is 19.3 Å². The molecule has 7 heteroatoms. The summed E-state index contributed by atoms with van der Waals surface area (Å²) in [4.78, 5) is 15.3. The average Bonchev–Trinajstić information content (AvgIpc) is 2.82. The third-order valence-electron chi connectivity index (χ3n) is 2.76. The highest BCUT2D eigenvalue weighted by atomic mass is 32.1. The number of carbonyl (C=O) groups excluding carboxylic acids is 1. The van der Waals surface area contributed by atoms with Gasteiger partial charge in [-0.05, 0) is 37.7 Å². The molecule has 0 saturated heterocycles. The Bertz CT molecular complexity index is 621. The zero-order chi connectivity index (χ0) is 14.4. The summed E-state index contributed by atoms with van der Waals surface area (Å²) in [6.07, 6.45) is 4.44. The molecule has 1 N–H and O–H groups in total. The number of carbonyl (C=O) groups is 1. The molecule has 0 radical (unpaired) electrons. The van der Waals surface area contributed by atoms with Gasteiger partial charge in [0.1, 0.15) is 0 Å². The minimum Gasteiger partial charge on any atom is -0.466 e. The fourth-order valence-electron chi connectivity index (χ4n) is 1.86. The number of rotatable bonds is 6. The molecule has 0 unspecified atom stereocenters. The van der Waals surface area contributed by atoms with Crippen LogP contribution in [-0.4, -0.2) is 32.3 Å². The molecule has 0 aliphatic rings. The topological polar surface area (TPSA) is 72.8 Å². The van der Waals surface area contributed by atoms with Gasteiger partial charge in [-0.3, -0.25) is 14.9 Å². The molecule has 0 fully saturated rings. The summed E-state index contributed by atoms with van der Waals surface area (Å²) >= 11 is 5.22. The smallest absolute Gasteiger partial charge is 0.305 e. The normalized spacial score (nSPS) is 10.4. The summed E-state index contributed by atoms with van der Waals surface area (Å²) in [6, 6.07) is 3.74. The maximum Gasteiger partial charge on any atom is 0.305 e. The summed E-state index contributed by atoms with van der Waals surface area (Å²) in [6.45, 7) is 2.82. The molecule has 2 aromatic rings. The third-order valence-corrected chi connectivity index (χ3v) is 3.08. The number of ether oxygens (including phenoxy) is 1. The van der Waals surface area contributed by atoms with Crippen LogP contribution in [0.4, 0.5) is 0 Å². The van der Waals surface area contributed by atoms with Gasteiger partial charge in [0, 0.05) is 30.9 Å². The number of nitrogens with one attached hydrogen (secondary N) is 1. The molecular weight excluding hydrogens is 276 g/mol. The van der Waals surface area contributed by atoms with Gasteiger partial charge in [-0.1, -0.05) is 0 Å². The molecule has 0 saturated carbocycles. The van der Waals surface area contributed by atoms with E-state index in [-0.39, 0.29) is 5.97 Å². The van der Waals surface area contributed by atoms with Crippen LogP contribution in [0.1, 0.15) is 19.8 Å². The fourth-order valence-corrected chi connectivity index (χ4v) is 2.08. The summed E-state index contributed by atoms with van der Waals surface area (Å²) in [5.74, 6) is 0.564. The first kappa shape index (κ1) is 14.4. The maximum atomic E-state index is 11.3. The third kappa shape index (κ3) is 3.51. The van der Waals surface area contributed by atoms with Crippen molar-refractivity contribution in [1.29, 1.82) is 0 Å². The molecule has 0 aliphatic heterocycles. The largest absolute Gasteiger partial charge is 0.466 e. The van der Waals surface area contributed by atoms with Crippen molar-refractivity contribution in [1.82, 2.24) is 19.7 Å². The molecule has 2 rings (SSSR count). The molecule has 2 heterocycles. The Balaban J connectivity index is 2.07. The Kier molecular flexibility index (Phi) is 5.00. The maximum absolute atomic E-state index is 11.3. The van der Waals surface area contributed by atoms with Crippen LogP contribution in [0.3, 0.4) is 0 Å². The van der Waals surface area contributed by atoms with Crippen molar-refractivity contribution < 1.29 is 9.53 Å². The molecule has 0 bridgehead atoms.